The molecule has 1 amide bonds. The van der Waals surface area contributed by atoms with Crippen molar-refractivity contribution in [2.45, 2.75) is 58.4 Å². The van der Waals surface area contributed by atoms with Crippen LogP contribution in [-0.4, -0.2) is 18.5 Å². The Balaban J connectivity index is 2.24. The molecule has 1 fully saturated rings. The average molecular weight is 226 g/mol. The first-order valence-corrected chi connectivity index (χ1v) is 6.68. The summed E-state index contributed by atoms with van der Waals surface area (Å²) in [5.41, 5.74) is 5.77. The predicted octanol–water partition coefficient (Wildman–Crippen LogP) is 2.06. The van der Waals surface area contributed by atoms with Crippen LogP contribution >= 0.6 is 0 Å². The van der Waals surface area contributed by atoms with Crippen LogP contribution in [-0.2, 0) is 4.79 Å². The molecule has 0 spiro atoms. The Morgan fingerprint density at radius 1 is 1.44 bits per heavy atom. The van der Waals surface area contributed by atoms with Crippen molar-refractivity contribution in [1.29, 1.82) is 0 Å². The fraction of sp³-hybridized carbons (Fsp3) is 0.923. The molecule has 3 nitrogen and oxygen atoms in total. The minimum absolute atomic E-state index is 0.0274. The van der Waals surface area contributed by atoms with Crippen LogP contribution < -0.4 is 11.1 Å². The molecule has 1 aliphatic carbocycles. The molecule has 0 aromatic rings. The standard InChI is InChI=1S/C13H26N2O/c1-3-6-12(14)13(16)15-9-11-8-5-4-7-10(11)2/h10-12H,3-9,14H2,1-2H3,(H,15,16)/t10?,11?,12-/m0/s1. The summed E-state index contributed by atoms with van der Waals surface area (Å²) in [7, 11) is 0. The Labute approximate surface area is 99.2 Å². The maximum Gasteiger partial charge on any atom is 0.236 e. The van der Waals surface area contributed by atoms with Gasteiger partial charge >= 0.3 is 0 Å². The number of hydrogen-bond acceptors (Lipinski definition) is 2. The Morgan fingerprint density at radius 2 is 2.12 bits per heavy atom. The number of amides is 1. The lowest BCUT2D eigenvalue weighted by atomic mass is 9.80. The molecule has 0 heterocycles. The second-order valence-corrected chi connectivity index (χ2v) is 5.16. The van der Waals surface area contributed by atoms with Crippen LogP contribution in [0.25, 0.3) is 0 Å². The van der Waals surface area contributed by atoms with Crippen molar-refractivity contribution in [3.63, 3.8) is 0 Å². The van der Waals surface area contributed by atoms with E-state index in [1.165, 1.54) is 25.7 Å². The van der Waals surface area contributed by atoms with Gasteiger partial charge in [0.15, 0.2) is 0 Å². The van der Waals surface area contributed by atoms with Crippen molar-refractivity contribution in [3.05, 3.63) is 0 Å². The third-order valence-corrected chi connectivity index (χ3v) is 3.76. The highest BCUT2D eigenvalue weighted by molar-refractivity contribution is 5.81. The predicted molar refractivity (Wildman–Crippen MR) is 67.0 cm³/mol. The molecule has 1 aliphatic rings. The molecule has 1 rings (SSSR count). The minimum Gasteiger partial charge on any atom is -0.354 e. The first-order valence-electron chi connectivity index (χ1n) is 6.68. The molecule has 0 radical (unpaired) electrons. The molecule has 3 heteroatoms. The van der Waals surface area contributed by atoms with Gasteiger partial charge in [-0.2, -0.15) is 0 Å². The van der Waals surface area contributed by atoms with Crippen LogP contribution in [0.15, 0.2) is 0 Å². The van der Waals surface area contributed by atoms with Gasteiger partial charge in [0.05, 0.1) is 6.04 Å². The molecule has 0 aliphatic heterocycles. The van der Waals surface area contributed by atoms with Gasteiger partial charge < -0.3 is 11.1 Å². The quantitative estimate of drug-likeness (QED) is 0.754. The first-order chi connectivity index (χ1) is 7.65. The molecule has 3 N–H and O–H groups in total. The topological polar surface area (TPSA) is 55.1 Å². The average Bonchev–Trinajstić information content (AvgIpc) is 2.28. The van der Waals surface area contributed by atoms with Crippen molar-refractivity contribution < 1.29 is 4.79 Å². The third kappa shape index (κ3) is 4.12. The van der Waals surface area contributed by atoms with Gasteiger partial charge in [0, 0.05) is 6.54 Å². The van der Waals surface area contributed by atoms with Gasteiger partial charge in [-0.25, -0.2) is 0 Å². The van der Waals surface area contributed by atoms with Crippen molar-refractivity contribution >= 4 is 5.91 Å². The Kier molecular flexibility index (Phi) is 5.81. The van der Waals surface area contributed by atoms with Gasteiger partial charge in [0.1, 0.15) is 0 Å². The van der Waals surface area contributed by atoms with E-state index < -0.39 is 0 Å². The SMILES string of the molecule is CCC[C@H](N)C(=O)NCC1CCCCC1C. The zero-order valence-electron chi connectivity index (χ0n) is 10.7. The summed E-state index contributed by atoms with van der Waals surface area (Å²) < 4.78 is 0. The molecule has 16 heavy (non-hydrogen) atoms. The zero-order valence-corrected chi connectivity index (χ0v) is 10.7. The van der Waals surface area contributed by atoms with E-state index in [4.69, 9.17) is 5.73 Å². The second-order valence-electron chi connectivity index (χ2n) is 5.16. The van der Waals surface area contributed by atoms with Crippen LogP contribution in [0.2, 0.25) is 0 Å². The van der Waals surface area contributed by atoms with Gasteiger partial charge in [0.2, 0.25) is 5.91 Å². The highest BCUT2D eigenvalue weighted by Crippen LogP contribution is 2.28. The molecular formula is C13H26N2O. The lowest BCUT2D eigenvalue weighted by molar-refractivity contribution is -0.122. The number of nitrogens with two attached hydrogens (primary N) is 1. The van der Waals surface area contributed by atoms with E-state index >= 15 is 0 Å². The van der Waals surface area contributed by atoms with Gasteiger partial charge in [-0.05, 0) is 24.7 Å². The summed E-state index contributed by atoms with van der Waals surface area (Å²) in [6, 6.07) is -0.316. The van der Waals surface area contributed by atoms with E-state index in [2.05, 4.69) is 19.2 Å². The molecule has 3 atom stereocenters. The highest BCUT2D eigenvalue weighted by atomic mass is 16.2. The maximum atomic E-state index is 11.6. The fourth-order valence-electron chi connectivity index (χ4n) is 2.50. The second kappa shape index (κ2) is 6.89. The number of carbonyl (C=O) groups excluding carboxylic acids is 1. The summed E-state index contributed by atoms with van der Waals surface area (Å²) in [4.78, 5) is 11.6. The highest BCUT2D eigenvalue weighted by Gasteiger charge is 2.22. The lowest BCUT2D eigenvalue weighted by Crippen LogP contribution is -2.43. The maximum absolute atomic E-state index is 11.6. The third-order valence-electron chi connectivity index (χ3n) is 3.76. The number of rotatable bonds is 5. The van der Waals surface area contributed by atoms with Gasteiger partial charge in [-0.15, -0.1) is 0 Å². The first kappa shape index (κ1) is 13.5. The van der Waals surface area contributed by atoms with E-state index in [1.54, 1.807) is 0 Å². The van der Waals surface area contributed by atoms with E-state index in [1.807, 2.05) is 0 Å². The monoisotopic (exact) mass is 226 g/mol. The summed E-state index contributed by atoms with van der Waals surface area (Å²) >= 11 is 0. The van der Waals surface area contributed by atoms with Crippen LogP contribution in [0.4, 0.5) is 0 Å². The number of hydrogen-bond donors (Lipinski definition) is 2. The van der Waals surface area contributed by atoms with Crippen LogP contribution in [0.1, 0.15) is 52.4 Å². The minimum atomic E-state index is -0.316. The number of nitrogens with one attached hydrogen (secondary N) is 1. The van der Waals surface area contributed by atoms with E-state index in [0.29, 0.717) is 5.92 Å². The molecule has 2 unspecified atom stereocenters. The van der Waals surface area contributed by atoms with E-state index in [-0.39, 0.29) is 11.9 Å². The van der Waals surface area contributed by atoms with E-state index in [0.717, 1.165) is 25.3 Å². The van der Waals surface area contributed by atoms with Crippen LogP contribution in [0.5, 0.6) is 0 Å². The van der Waals surface area contributed by atoms with Crippen LogP contribution in [0.3, 0.4) is 0 Å². The summed E-state index contributed by atoms with van der Waals surface area (Å²) in [5.74, 6) is 1.43. The molecule has 0 bridgehead atoms. The van der Waals surface area contributed by atoms with Crippen molar-refractivity contribution in [2.24, 2.45) is 17.6 Å². The van der Waals surface area contributed by atoms with Crippen molar-refractivity contribution in [3.8, 4) is 0 Å². The molecule has 0 aromatic carbocycles. The smallest absolute Gasteiger partial charge is 0.236 e. The fourth-order valence-corrected chi connectivity index (χ4v) is 2.50. The van der Waals surface area contributed by atoms with Gasteiger partial charge in [-0.1, -0.05) is 39.5 Å². The largest absolute Gasteiger partial charge is 0.354 e. The van der Waals surface area contributed by atoms with Crippen molar-refractivity contribution in [1.82, 2.24) is 5.32 Å². The van der Waals surface area contributed by atoms with Gasteiger partial charge in [0.25, 0.3) is 0 Å². The normalized spacial score (nSPS) is 27.4. The van der Waals surface area contributed by atoms with Crippen molar-refractivity contribution in [2.75, 3.05) is 6.54 Å². The molecular weight excluding hydrogens is 200 g/mol. The molecule has 0 aromatic heterocycles. The van der Waals surface area contributed by atoms with Crippen LogP contribution in [0, 0.1) is 11.8 Å². The summed E-state index contributed by atoms with van der Waals surface area (Å²) in [5, 5.41) is 3.00. The molecule has 0 saturated heterocycles. The Bertz CT molecular complexity index is 218. The zero-order chi connectivity index (χ0) is 12.0. The number of carbonyl (C=O) groups is 1. The molecule has 1 saturated carbocycles. The molecule has 94 valence electrons. The summed E-state index contributed by atoms with van der Waals surface area (Å²) in [6.07, 6.45) is 6.97. The summed E-state index contributed by atoms with van der Waals surface area (Å²) in [6.45, 7) is 5.16. The Morgan fingerprint density at radius 3 is 2.75 bits per heavy atom. The van der Waals surface area contributed by atoms with Gasteiger partial charge in [-0.3, -0.25) is 4.79 Å². The Hall–Kier alpha value is -0.570. The van der Waals surface area contributed by atoms with E-state index in [9.17, 15) is 4.79 Å². The lowest BCUT2D eigenvalue weighted by Gasteiger charge is -2.29.